The second kappa shape index (κ2) is 7.45. The van der Waals surface area contributed by atoms with Crippen LogP contribution in [0.1, 0.15) is 50.9 Å². The Balaban J connectivity index is 2.01. The van der Waals surface area contributed by atoms with Crippen LogP contribution >= 0.6 is 11.6 Å². The number of ether oxygens (including phenoxy) is 1. The molecule has 0 saturated carbocycles. The molecule has 0 aliphatic carbocycles. The van der Waals surface area contributed by atoms with Gasteiger partial charge in [-0.25, -0.2) is 9.78 Å². The van der Waals surface area contributed by atoms with E-state index in [0.29, 0.717) is 24.7 Å². The molecule has 1 aromatic heterocycles. The van der Waals surface area contributed by atoms with E-state index in [0.717, 1.165) is 24.2 Å². The molecule has 23 heavy (non-hydrogen) atoms. The van der Waals surface area contributed by atoms with E-state index in [1.807, 2.05) is 20.8 Å². The van der Waals surface area contributed by atoms with Crippen LogP contribution in [0.2, 0.25) is 5.15 Å². The van der Waals surface area contributed by atoms with Crippen molar-refractivity contribution >= 4 is 17.7 Å². The molecule has 1 amide bonds. The first-order chi connectivity index (χ1) is 10.8. The number of aromatic nitrogens is 2. The maximum Gasteiger partial charge on any atom is 0.410 e. The molecule has 0 spiro atoms. The van der Waals surface area contributed by atoms with Gasteiger partial charge >= 0.3 is 6.09 Å². The summed E-state index contributed by atoms with van der Waals surface area (Å²) in [7, 11) is 0. The quantitative estimate of drug-likeness (QED) is 0.914. The second-order valence-electron chi connectivity index (χ2n) is 6.74. The fourth-order valence-corrected chi connectivity index (χ4v) is 2.86. The SMILES string of the molecule is CC(C)(C)OC(=O)N1CCC(c2ncc(Cl)nc2CCO)CC1. The number of rotatable bonds is 3. The minimum atomic E-state index is -0.482. The van der Waals surface area contributed by atoms with Crippen LogP contribution in [-0.2, 0) is 11.2 Å². The molecule has 0 bridgehead atoms. The zero-order chi connectivity index (χ0) is 17.0. The molecule has 1 aliphatic rings. The van der Waals surface area contributed by atoms with Crippen molar-refractivity contribution in [2.45, 2.75) is 51.6 Å². The van der Waals surface area contributed by atoms with Crippen LogP contribution < -0.4 is 0 Å². The monoisotopic (exact) mass is 341 g/mol. The van der Waals surface area contributed by atoms with Crippen molar-refractivity contribution in [3.63, 3.8) is 0 Å². The van der Waals surface area contributed by atoms with Gasteiger partial charge < -0.3 is 14.7 Å². The molecule has 0 atom stereocenters. The van der Waals surface area contributed by atoms with E-state index < -0.39 is 5.60 Å². The standard InChI is InChI=1S/C16H24ClN3O3/c1-16(2,3)23-15(22)20-7-4-11(5-8-20)14-12(6-9-21)19-13(17)10-18-14/h10-11,21H,4-9H2,1-3H3. The average Bonchev–Trinajstić information content (AvgIpc) is 2.46. The van der Waals surface area contributed by atoms with Gasteiger partial charge in [-0.15, -0.1) is 0 Å². The summed E-state index contributed by atoms with van der Waals surface area (Å²) in [6.45, 7) is 6.86. The van der Waals surface area contributed by atoms with E-state index in [1.165, 1.54) is 6.20 Å². The van der Waals surface area contributed by atoms with Gasteiger partial charge in [0.05, 0.1) is 17.6 Å². The Morgan fingerprint density at radius 2 is 2.09 bits per heavy atom. The van der Waals surface area contributed by atoms with E-state index >= 15 is 0 Å². The third kappa shape index (κ3) is 5.04. The molecule has 1 saturated heterocycles. The number of nitrogens with zero attached hydrogens (tertiary/aromatic N) is 3. The lowest BCUT2D eigenvalue weighted by Gasteiger charge is -2.33. The van der Waals surface area contributed by atoms with Crippen molar-refractivity contribution in [3.8, 4) is 0 Å². The van der Waals surface area contributed by atoms with Gasteiger partial charge in [-0.2, -0.15) is 0 Å². The summed E-state index contributed by atoms with van der Waals surface area (Å²) in [6.07, 6.45) is 3.31. The number of hydrogen-bond acceptors (Lipinski definition) is 5. The van der Waals surface area contributed by atoms with Crippen LogP contribution in [0.5, 0.6) is 0 Å². The third-order valence-electron chi connectivity index (χ3n) is 3.73. The summed E-state index contributed by atoms with van der Waals surface area (Å²) in [5, 5.41) is 9.51. The van der Waals surface area contributed by atoms with Crippen molar-refractivity contribution in [2.24, 2.45) is 0 Å². The smallest absolute Gasteiger partial charge is 0.410 e. The maximum atomic E-state index is 12.1. The van der Waals surface area contributed by atoms with Crippen LogP contribution in [0, 0.1) is 0 Å². The van der Waals surface area contributed by atoms with Crippen LogP contribution in [-0.4, -0.2) is 51.4 Å². The van der Waals surface area contributed by atoms with Gasteiger partial charge in [-0.05, 0) is 33.6 Å². The summed E-state index contributed by atoms with van der Waals surface area (Å²) >= 11 is 5.89. The molecule has 6 nitrogen and oxygen atoms in total. The van der Waals surface area contributed by atoms with Gasteiger partial charge in [0.1, 0.15) is 10.8 Å². The van der Waals surface area contributed by atoms with Crippen molar-refractivity contribution < 1.29 is 14.6 Å². The number of likely N-dealkylation sites (tertiary alicyclic amines) is 1. The predicted octanol–water partition coefficient (Wildman–Crippen LogP) is 2.78. The zero-order valence-electron chi connectivity index (χ0n) is 13.9. The summed E-state index contributed by atoms with van der Waals surface area (Å²) < 4.78 is 5.40. The lowest BCUT2D eigenvalue weighted by atomic mass is 9.91. The van der Waals surface area contributed by atoms with Gasteiger partial charge in [-0.3, -0.25) is 4.98 Å². The number of carbonyl (C=O) groups excluding carboxylic acids is 1. The molecular formula is C16H24ClN3O3. The maximum absolute atomic E-state index is 12.1. The van der Waals surface area contributed by atoms with Gasteiger partial charge in [0, 0.05) is 32.0 Å². The Bertz CT molecular complexity index is 552. The Morgan fingerprint density at radius 1 is 1.43 bits per heavy atom. The lowest BCUT2D eigenvalue weighted by molar-refractivity contribution is 0.0204. The molecule has 0 unspecified atom stereocenters. The number of piperidine rings is 1. The first-order valence-corrected chi connectivity index (χ1v) is 8.28. The molecule has 2 heterocycles. The van der Waals surface area contributed by atoms with E-state index in [4.69, 9.17) is 16.3 Å². The van der Waals surface area contributed by atoms with Crippen LogP contribution in [0.4, 0.5) is 4.79 Å². The van der Waals surface area contributed by atoms with Crippen LogP contribution in [0.15, 0.2) is 6.20 Å². The Hall–Kier alpha value is -1.40. The fourth-order valence-electron chi connectivity index (χ4n) is 2.71. The summed E-state index contributed by atoms with van der Waals surface area (Å²) in [5.41, 5.74) is 1.15. The van der Waals surface area contributed by atoms with E-state index in [9.17, 15) is 9.90 Å². The molecule has 7 heteroatoms. The van der Waals surface area contributed by atoms with Crippen molar-refractivity contribution in [3.05, 3.63) is 22.7 Å². The molecule has 1 fully saturated rings. The first-order valence-electron chi connectivity index (χ1n) is 7.90. The third-order valence-corrected chi connectivity index (χ3v) is 3.91. The second-order valence-corrected chi connectivity index (χ2v) is 7.13. The number of hydrogen-bond donors (Lipinski definition) is 1. The number of aliphatic hydroxyl groups excluding tert-OH is 1. The predicted molar refractivity (Wildman–Crippen MR) is 87.6 cm³/mol. The van der Waals surface area contributed by atoms with Gasteiger partial charge in [0.25, 0.3) is 0 Å². The van der Waals surface area contributed by atoms with Crippen LogP contribution in [0.3, 0.4) is 0 Å². The highest BCUT2D eigenvalue weighted by Crippen LogP contribution is 2.29. The molecular weight excluding hydrogens is 318 g/mol. The van der Waals surface area contributed by atoms with E-state index in [-0.39, 0.29) is 18.6 Å². The van der Waals surface area contributed by atoms with Crippen molar-refractivity contribution in [1.82, 2.24) is 14.9 Å². The van der Waals surface area contributed by atoms with E-state index in [2.05, 4.69) is 9.97 Å². The minimum Gasteiger partial charge on any atom is -0.444 e. The first kappa shape index (κ1) is 17.9. The molecule has 1 N–H and O–H groups in total. The summed E-state index contributed by atoms with van der Waals surface area (Å²) in [5.74, 6) is 0.222. The minimum absolute atomic E-state index is 0.0127. The molecule has 2 rings (SSSR count). The van der Waals surface area contributed by atoms with Crippen molar-refractivity contribution in [1.29, 1.82) is 0 Å². The van der Waals surface area contributed by atoms with Gasteiger partial charge in [-0.1, -0.05) is 11.6 Å². The topological polar surface area (TPSA) is 75.5 Å². The molecule has 0 aromatic carbocycles. The van der Waals surface area contributed by atoms with E-state index in [1.54, 1.807) is 4.90 Å². The Labute approximate surface area is 141 Å². The Morgan fingerprint density at radius 3 is 2.65 bits per heavy atom. The van der Waals surface area contributed by atoms with Crippen LogP contribution in [0.25, 0.3) is 0 Å². The summed E-state index contributed by atoms with van der Waals surface area (Å²) in [4.78, 5) is 22.5. The average molecular weight is 342 g/mol. The van der Waals surface area contributed by atoms with Gasteiger partial charge in [0.2, 0.25) is 0 Å². The fraction of sp³-hybridized carbons (Fsp3) is 0.688. The number of carbonyl (C=O) groups is 1. The number of halogens is 1. The molecule has 0 radical (unpaired) electrons. The number of aliphatic hydroxyl groups is 1. The lowest BCUT2D eigenvalue weighted by Crippen LogP contribution is -2.41. The Kier molecular flexibility index (Phi) is 5.81. The normalized spacial score (nSPS) is 16.5. The number of amides is 1. The summed E-state index contributed by atoms with van der Waals surface area (Å²) in [6, 6.07) is 0. The molecule has 1 aliphatic heterocycles. The highest BCUT2D eigenvalue weighted by atomic mass is 35.5. The highest BCUT2D eigenvalue weighted by Gasteiger charge is 2.29. The van der Waals surface area contributed by atoms with Gasteiger partial charge in [0.15, 0.2) is 0 Å². The van der Waals surface area contributed by atoms with Crippen molar-refractivity contribution in [2.75, 3.05) is 19.7 Å². The molecule has 128 valence electrons. The largest absolute Gasteiger partial charge is 0.444 e. The molecule has 1 aromatic rings. The highest BCUT2D eigenvalue weighted by molar-refractivity contribution is 6.29. The zero-order valence-corrected chi connectivity index (χ0v) is 14.6.